The zero-order valence-electron chi connectivity index (χ0n) is 31.9. The van der Waals surface area contributed by atoms with Gasteiger partial charge >= 0.3 is 47.8 Å². The van der Waals surface area contributed by atoms with E-state index in [4.69, 9.17) is 0 Å². The number of aromatic nitrogens is 4. The number of hydrogen-bond donors (Lipinski definition) is 11. The zero-order valence-corrected chi connectivity index (χ0v) is 31.9. The molecule has 3 aromatic heterocycles. The molecule has 5 heterocycles. The van der Waals surface area contributed by atoms with Gasteiger partial charge in [-0.15, -0.1) is 0 Å². The molecule has 61 heavy (non-hydrogen) atoms. The van der Waals surface area contributed by atoms with Crippen LogP contribution >= 0.6 is 0 Å². The van der Waals surface area contributed by atoms with Gasteiger partial charge in [-0.1, -0.05) is 0 Å². The number of carbonyl (C=O) groups is 8. The fraction of sp³-hybridized carbons (Fsp3) is 0.300. The second-order valence-electron chi connectivity index (χ2n) is 14.1. The third-order valence-electron chi connectivity index (χ3n) is 9.90. The Bertz CT molecular complexity index is 2630. The van der Waals surface area contributed by atoms with Crippen LogP contribution in [0.1, 0.15) is 90.0 Å². The van der Waals surface area contributed by atoms with Crippen LogP contribution in [-0.4, -0.2) is 120 Å². The first-order valence-electron chi connectivity index (χ1n) is 18.4. The monoisotopic (exact) mass is 846 g/mol. The van der Waals surface area contributed by atoms with Crippen LogP contribution in [0.4, 0.5) is 0 Å². The fourth-order valence-electron chi connectivity index (χ4n) is 7.37. The summed E-state index contributed by atoms with van der Waals surface area (Å²) in [6.45, 7) is 0. The van der Waals surface area contributed by atoms with Gasteiger partial charge in [0.05, 0.1) is 48.5 Å². The van der Waals surface area contributed by atoms with Crippen molar-refractivity contribution in [2.75, 3.05) is 0 Å². The van der Waals surface area contributed by atoms with Crippen LogP contribution in [0.25, 0.3) is 44.4 Å². The summed E-state index contributed by atoms with van der Waals surface area (Å²) in [7, 11) is 0. The molecule has 320 valence electrons. The van der Waals surface area contributed by atoms with E-state index in [1.807, 2.05) is 0 Å². The van der Waals surface area contributed by atoms with Crippen molar-refractivity contribution in [2.45, 2.75) is 76.7 Å². The Balaban J connectivity index is 2.11. The maximum absolute atomic E-state index is 12.3. The van der Waals surface area contributed by atoms with E-state index in [-0.39, 0.29) is 109 Å². The molecule has 3 aromatic rings. The van der Waals surface area contributed by atoms with Crippen molar-refractivity contribution < 1.29 is 84.3 Å². The largest absolute Gasteiger partial charge is 0.481 e. The van der Waals surface area contributed by atoms with Crippen LogP contribution in [-0.2, 0) is 64.0 Å². The van der Waals surface area contributed by atoms with Gasteiger partial charge in [-0.25, -0.2) is 14.8 Å². The first kappa shape index (κ1) is 44.4. The van der Waals surface area contributed by atoms with Gasteiger partial charge in [0.25, 0.3) is 0 Å². The molecule has 1 unspecified atom stereocenters. The van der Waals surface area contributed by atoms with Crippen molar-refractivity contribution in [1.29, 1.82) is 0 Å². The molecule has 0 saturated carbocycles. The number of aliphatic carboxylic acids is 8. The number of aliphatic hydroxyl groups is 1. The highest BCUT2D eigenvalue weighted by atomic mass is 16.4. The topological polar surface area (TPSA) is 376 Å². The lowest BCUT2D eigenvalue weighted by Gasteiger charge is -2.10. The molecule has 0 spiro atoms. The average Bonchev–Trinajstić information content (AvgIpc) is 3.82. The maximum Gasteiger partial charge on any atom is 0.332 e. The summed E-state index contributed by atoms with van der Waals surface area (Å²) in [5, 5.41) is 89.2. The number of nitrogens with zero attached hydrogens (tertiary/aromatic N) is 2. The van der Waals surface area contributed by atoms with E-state index in [2.05, 4.69) is 19.9 Å². The molecule has 8 bridgehead atoms. The number of aryl methyl sites for hydroxylation is 2. The average molecular weight is 847 g/mol. The van der Waals surface area contributed by atoms with Crippen molar-refractivity contribution in [2.24, 2.45) is 0 Å². The molecule has 1 atom stereocenters. The smallest absolute Gasteiger partial charge is 0.332 e. The summed E-state index contributed by atoms with van der Waals surface area (Å²) in [4.78, 5) is 112. The van der Waals surface area contributed by atoms with E-state index in [0.717, 1.165) is 0 Å². The Hall–Kier alpha value is -7.68. The van der Waals surface area contributed by atoms with Crippen LogP contribution in [0.2, 0.25) is 0 Å². The van der Waals surface area contributed by atoms with Crippen LogP contribution in [0.15, 0.2) is 24.3 Å². The molecule has 11 N–H and O–H groups in total. The van der Waals surface area contributed by atoms with Crippen LogP contribution in [0.3, 0.4) is 0 Å². The predicted molar refractivity (Wildman–Crippen MR) is 209 cm³/mol. The number of carboxylic acid groups (broad SMARTS) is 8. The minimum atomic E-state index is -2.12. The molecule has 2 aliphatic rings. The molecule has 5 rings (SSSR count). The predicted octanol–water partition coefficient (Wildman–Crippen LogP) is 3.07. The first-order valence-corrected chi connectivity index (χ1v) is 18.4. The highest BCUT2D eigenvalue weighted by Crippen LogP contribution is 2.40. The Morgan fingerprint density at radius 2 is 0.787 bits per heavy atom. The van der Waals surface area contributed by atoms with Gasteiger partial charge in [-0.05, 0) is 88.1 Å². The van der Waals surface area contributed by atoms with Gasteiger partial charge in [0.2, 0.25) is 0 Å². The van der Waals surface area contributed by atoms with Gasteiger partial charge in [0.15, 0.2) is 6.10 Å². The summed E-state index contributed by atoms with van der Waals surface area (Å²) < 4.78 is 0. The van der Waals surface area contributed by atoms with Crippen molar-refractivity contribution in [3.63, 3.8) is 0 Å². The maximum atomic E-state index is 12.3. The third-order valence-corrected chi connectivity index (χ3v) is 9.90. The summed E-state index contributed by atoms with van der Waals surface area (Å²) in [6, 6.07) is 5.14. The summed E-state index contributed by atoms with van der Waals surface area (Å²) in [5.41, 5.74) is -0.159. The molecule has 0 aromatic carbocycles. The van der Waals surface area contributed by atoms with Crippen molar-refractivity contribution in [1.82, 2.24) is 19.9 Å². The lowest BCUT2D eigenvalue weighted by Crippen LogP contribution is -2.19. The molecule has 0 saturated heterocycles. The van der Waals surface area contributed by atoms with Crippen LogP contribution in [0, 0.1) is 0 Å². The minimum absolute atomic E-state index is 0.0189. The van der Waals surface area contributed by atoms with E-state index >= 15 is 0 Å². The van der Waals surface area contributed by atoms with Crippen LogP contribution < -0.4 is 0 Å². The van der Waals surface area contributed by atoms with E-state index in [1.165, 1.54) is 24.3 Å². The first-order chi connectivity index (χ1) is 28.7. The summed E-state index contributed by atoms with van der Waals surface area (Å²) >= 11 is 0. The SMILES string of the molecule is O=C(O)CCC1=C(CC(=O)O)c2cc3nc(cc4[nH]c(cc5[nH]c(cc1n2)c(CC(=O)O)c5CCC(=O)O)c(CCC(=O)O)c4CC(=O)O)C(CC(=O)O)=C3CC(O)C(=O)O. The summed E-state index contributed by atoms with van der Waals surface area (Å²) in [6.07, 6.45) is -8.23. The molecular weight excluding hydrogens is 808 g/mol. The normalized spacial score (nSPS) is 12.9. The molecule has 21 nitrogen and oxygen atoms in total. The molecule has 0 fully saturated rings. The van der Waals surface area contributed by atoms with Gasteiger partial charge in [-0.2, -0.15) is 0 Å². The van der Waals surface area contributed by atoms with Gasteiger partial charge in [0.1, 0.15) is 0 Å². The Labute approximate surface area is 342 Å². The third kappa shape index (κ3) is 10.7. The van der Waals surface area contributed by atoms with Gasteiger partial charge in [-0.3, -0.25) is 33.6 Å². The number of aliphatic hydroxyl groups excluding tert-OH is 1. The second kappa shape index (κ2) is 18.5. The Morgan fingerprint density at radius 3 is 1.20 bits per heavy atom. The summed E-state index contributed by atoms with van der Waals surface area (Å²) in [5.74, 6) is -11.0. The standard InChI is InChI=1S/C40H38N4O17/c45-32(40(60)61)7-19-23(11-39(58)59)31-15-30-21(9-37(54)55)17(2-5-34(48)49)25(42-30)12-24-16(1-4-33(46)47)20(8-36(52)53)28(41-24)13-26-18(3-6-35(50)51)22(10-38(56)57)29(43-26)14-27(19)44-31/h12-15,32,41-42,45H,1-11H2,(H,46,47)(H,48,49)(H,50,51)(H,52,53)(H,54,55)(H,56,57)(H,58,59)(H,60,61). The molecular formula is C40H38N4O17. The number of fused-ring (bicyclic) bond motifs is 8. The number of hydrogen-bond acceptors (Lipinski definition) is 11. The fourth-order valence-corrected chi connectivity index (χ4v) is 7.37. The lowest BCUT2D eigenvalue weighted by molar-refractivity contribution is -0.146. The number of H-pyrrole nitrogens is 2. The highest BCUT2D eigenvalue weighted by molar-refractivity contribution is 6.03. The van der Waals surface area contributed by atoms with E-state index in [1.54, 1.807) is 0 Å². The lowest BCUT2D eigenvalue weighted by atomic mass is 9.94. The molecule has 0 amide bonds. The van der Waals surface area contributed by atoms with E-state index < -0.39 is 105 Å². The van der Waals surface area contributed by atoms with Crippen molar-refractivity contribution in [3.05, 3.63) is 69.3 Å². The minimum Gasteiger partial charge on any atom is -0.481 e. The Morgan fingerprint density at radius 1 is 0.426 bits per heavy atom. The molecule has 0 radical (unpaired) electrons. The number of allylic oxidation sites excluding steroid dienone is 1. The number of nitrogens with one attached hydrogen (secondary N) is 2. The van der Waals surface area contributed by atoms with Crippen LogP contribution in [0.5, 0.6) is 0 Å². The van der Waals surface area contributed by atoms with E-state index in [0.29, 0.717) is 0 Å². The highest BCUT2D eigenvalue weighted by Gasteiger charge is 2.30. The Kier molecular flexibility index (Phi) is 13.5. The number of rotatable bonds is 20. The second-order valence-corrected chi connectivity index (χ2v) is 14.1. The number of aromatic amines is 2. The quantitative estimate of drug-likeness (QED) is 0.0778. The van der Waals surface area contributed by atoms with Gasteiger partial charge < -0.3 is 55.9 Å². The molecule has 0 aliphatic carbocycles. The zero-order chi connectivity index (χ0) is 44.9. The molecule has 21 heteroatoms. The van der Waals surface area contributed by atoms with Crippen molar-refractivity contribution >= 4 is 92.1 Å². The number of carboxylic acids is 8. The van der Waals surface area contributed by atoms with Crippen molar-refractivity contribution in [3.8, 4) is 0 Å². The van der Waals surface area contributed by atoms with E-state index in [9.17, 15) is 84.3 Å². The molecule has 2 aliphatic heterocycles. The van der Waals surface area contributed by atoms with Gasteiger partial charge in [0, 0.05) is 47.8 Å².